The van der Waals surface area contributed by atoms with Gasteiger partial charge in [-0.05, 0) is 36.4 Å². The van der Waals surface area contributed by atoms with Crippen molar-refractivity contribution >= 4 is 71.2 Å². The maximum atomic E-state index is 12.4. The Kier molecular flexibility index (Phi) is 7.91. The quantitative estimate of drug-likeness (QED) is 0.558. The SMILES string of the molecule is O=C(Nc1ccc(Oc2cncc(Cl)n2)cc1C(=O)O)c1ccc(Cl)cc1Cl.[LiH]. The summed E-state index contributed by atoms with van der Waals surface area (Å²) in [6.07, 6.45) is 2.65. The molecule has 7 nitrogen and oxygen atoms in total. The molecule has 2 N–H and O–H groups in total. The molecule has 29 heavy (non-hydrogen) atoms. The van der Waals surface area contributed by atoms with Crippen LogP contribution in [-0.4, -0.2) is 45.8 Å². The Morgan fingerprint density at radius 2 is 1.76 bits per heavy atom. The first-order valence-electron chi connectivity index (χ1n) is 7.62. The second kappa shape index (κ2) is 9.97. The van der Waals surface area contributed by atoms with Crippen molar-refractivity contribution in [3.63, 3.8) is 0 Å². The van der Waals surface area contributed by atoms with E-state index in [0.717, 1.165) is 0 Å². The van der Waals surface area contributed by atoms with Gasteiger partial charge in [-0.3, -0.25) is 9.78 Å². The molecule has 0 aliphatic carbocycles. The number of carbonyl (C=O) groups excluding carboxylic acids is 1. The van der Waals surface area contributed by atoms with Crippen LogP contribution < -0.4 is 10.1 Å². The van der Waals surface area contributed by atoms with Crippen LogP contribution in [0.25, 0.3) is 0 Å². The van der Waals surface area contributed by atoms with Crippen LogP contribution in [-0.2, 0) is 0 Å². The van der Waals surface area contributed by atoms with Gasteiger partial charge in [0.15, 0.2) is 5.15 Å². The summed E-state index contributed by atoms with van der Waals surface area (Å²) < 4.78 is 5.46. The number of rotatable bonds is 5. The fourth-order valence-corrected chi connectivity index (χ4v) is 2.87. The van der Waals surface area contributed by atoms with E-state index < -0.39 is 11.9 Å². The van der Waals surface area contributed by atoms with Crippen molar-refractivity contribution in [3.05, 3.63) is 75.1 Å². The number of halogens is 3. The van der Waals surface area contributed by atoms with E-state index in [0.29, 0.717) is 5.02 Å². The molecule has 0 atom stereocenters. The van der Waals surface area contributed by atoms with Gasteiger partial charge >= 0.3 is 24.8 Å². The second-order valence-corrected chi connectivity index (χ2v) is 6.60. The van der Waals surface area contributed by atoms with Crippen molar-refractivity contribution in [2.24, 2.45) is 0 Å². The van der Waals surface area contributed by atoms with Crippen molar-refractivity contribution in [2.45, 2.75) is 0 Å². The van der Waals surface area contributed by atoms with Gasteiger partial charge < -0.3 is 15.2 Å². The standard InChI is InChI=1S/C18H10Cl3N3O4.Li.H/c19-9-1-3-11(13(20)5-9)17(25)23-14-4-2-10(6-12(14)18(26)27)28-16-8-22-7-15(21)24-16;;/h1-8H,(H,23,25)(H,26,27);;. The summed E-state index contributed by atoms with van der Waals surface area (Å²) in [6.45, 7) is 0. The van der Waals surface area contributed by atoms with Crippen LogP contribution in [0.4, 0.5) is 5.69 Å². The number of nitrogens with zero attached hydrogens (tertiary/aromatic N) is 2. The summed E-state index contributed by atoms with van der Waals surface area (Å²) in [4.78, 5) is 31.8. The van der Waals surface area contributed by atoms with Crippen LogP contribution >= 0.6 is 34.8 Å². The molecule has 0 bridgehead atoms. The third-order valence-corrected chi connectivity index (χ3v) is 4.18. The van der Waals surface area contributed by atoms with E-state index in [4.69, 9.17) is 39.5 Å². The molecular weight excluding hydrogens is 436 g/mol. The van der Waals surface area contributed by atoms with Gasteiger partial charge in [0.2, 0.25) is 5.88 Å². The normalized spacial score (nSPS) is 10.0. The van der Waals surface area contributed by atoms with Crippen LogP contribution in [0.2, 0.25) is 15.2 Å². The summed E-state index contributed by atoms with van der Waals surface area (Å²) in [7, 11) is 0. The van der Waals surface area contributed by atoms with E-state index in [1.807, 2.05) is 0 Å². The summed E-state index contributed by atoms with van der Waals surface area (Å²) in [5.74, 6) is -1.58. The topological polar surface area (TPSA) is 101 Å². The van der Waals surface area contributed by atoms with Gasteiger partial charge in [0.1, 0.15) is 5.75 Å². The Bertz CT molecular complexity index is 1080. The van der Waals surface area contributed by atoms with E-state index in [1.165, 1.54) is 48.8 Å². The molecule has 2 aromatic carbocycles. The van der Waals surface area contributed by atoms with Crippen LogP contribution in [0.1, 0.15) is 20.7 Å². The molecule has 144 valence electrons. The van der Waals surface area contributed by atoms with Crippen molar-refractivity contribution in [1.82, 2.24) is 9.97 Å². The number of hydrogen-bond acceptors (Lipinski definition) is 5. The molecule has 0 fully saturated rings. The third-order valence-electron chi connectivity index (χ3n) is 3.45. The number of carbonyl (C=O) groups is 2. The molecule has 3 aromatic rings. The van der Waals surface area contributed by atoms with E-state index in [1.54, 1.807) is 0 Å². The van der Waals surface area contributed by atoms with Crippen molar-refractivity contribution < 1.29 is 19.4 Å². The zero-order valence-corrected chi connectivity index (χ0v) is 16.1. The van der Waals surface area contributed by atoms with E-state index in [-0.39, 0.29) is 57.5 Å². The number of aromatic carboxylic acids is 1. The molecule has 0 radical (unpaired) electrons. The molecule has 0 aliphatic heterocycles. The van der Waals surface area contributed by atoms with Gasteiger partial charge in [-0.2, -0.15) is 4.98 Å². The van der Waals surface area contributed by atoms with Crippen LogP contribution in [0.5, 0.6) is 11.6 Å². The van der Waals surface area contributed by atoms with E-state index in [2.05, 4.69) is 15.3 Å². The Morgan fingerprint density at radius 3 is 2.41 bits per heavy atom. The number of nitrogens with one attached hydrogen (secondary N) is 1. The number of carboxylic acids is 1. The molecule has 0 spiro atoms. The number of benzene rings is 2. The molecule has 1 heterocycles. The van der Waals surface area contributed by atoms with Gasteiger partial charge in [-0.25, -0.2) is 4.79 Å². The predicted molar refractivity (Wildman–Crippen MR) is 112 cm³/mol. The first-order valence-corrected chi connectivity index (χ1v) is 8.76. The van der Waals surface area contributed by atoms with Crippen molar-refractivity contribution in [1.29, 1.82) is 0 Å². The van der Waals surface area contributed by atoms with E-state index >= 15 is 0 Å². The third kappa shape index (κ3) is 5.86. The monoisotopic (exact) mass is 445 g/mol. The maximum absolute atomic E-state index is 12.4. The Balaban J connectivity index is 0.00000300. The number of amides is 1. The molecule has 11 heteroatoms. The average molecular weight is 447 g/mol. The number of anilines is 1. The summed E-state index contributed by atoms with van der Waals surface area (Å²) in [5, 5.41) is 12.6. The van der Waals surface area contributed by atoms with Crippen molar-refractivity contribution in [3.8, 4) is 11.6 Å². The summed E-state index contributed by atoms with van der Waals surface area (Å²) in [5.41, 5.74) is 0.0240. The minimum atomic E-state index is -1.26. The van der Waals surface area contributed by atoms with Crippen molar-refractivity contribution in [2.75, 3.05) is 5.32 Å². The zero-order chi connectivity index (χ0) is 20.3. The summed E-state index contributed by atoms with van der Waals surface area (Å²) >= 11 is 17.6. The number of carboxylic acid groups (broad SMARTS) is 1. The Morgan fingerprint density at radius 1 is 1.00 bits per heavy atom. The summed E-state index contributed by atoms with van der Waals surface area (Å²) in [6, 6.07) is 8.45. The second-order valence-electron chi connectivity index (χ2n) is 5.37. The molecule has 0 aliphatic rings. The Hall–Kier alpha value is -2.27. The molecule has 0 unspecified atom stereocenters. The van der Waals surface area contributed by atoms with Gasteiger partial charge in [-0.15, -0.1) is 0 Å². The fourth-order valence-electron chi connectivity index (χ4n) is 2.23. The Labute approximate surface area is 192 Å². The number of ether oxygens (including phenoxy) is 1. The average Bonchev–Trinajstić information content (AvgIpc) is 2.62. The van der Waals surface area contributed by atoms with Gasteiger partial charge in [0.25, 0.3) is 5.91 Å². The predicted octanol–water partition coefficient (Wildman–Crippen LogP) is 4.53. The fraction of sp³-hybridized carbons (Fsp3) is 0. The molecule has 1 amide bonds. The molecule has 3 rings (SSSR count). The minimum absolute atomic E-state index is 0. The van der Waals surface area contributed by atoms with E-state index in [9.17, 15) is 14.7 Å². The zero-order valence-electron chi connectivity index (χ0n) is 13.8. The van der Waals surface area contributed by atoms with Crippen LogP contribution in [0.15, 0.2) is 48.8 Å². The van der Waals surface area contributed by atoms with Crippen LogP contribution in [0, 0.1) is 0 Å². The molecular formula is C18H11Cl3LiN3O4. The van der Waals surface area contributed by atoms with Crippen LogP contribution in [0.3, 0.4) is 0 Å². The molecule has 0 saturated heterocycles. The number of hydrogen-bond donors (Lipinski definition) is 2. The van der Waals surface area contributed by atoms with Gasteiger partial charge in [0.05, 0.1) is 34.2 Å². The molecule has 1 aromatic heterocycles. The van der Waals surface area contributed by atoms with Gasteiger partial charge in [-0.1, -0.05) is 34.8 Å². The first-order chi connectivity index (χ1) is 13.3. The first kappa shape index (κ1) is 23.0. The molecule has 0 saturated carbocycles. The number of aromatic nitrogens is 2. The van der Waals surface area contributed by atoms with Gasteiger partial charge in [0, 0.05) is 5.02 Å².